The Morgan fingerprint density at radius 2 is 1.77 bits per heavy atom. The minimum absolute atomic E-state index is 0.0651. The molecule has 0 aliphatic carbocycles. The van der Waals surface area contributed by atoms with E-state index in [1.165, 1.54) is 5.56 Å². The van der Waals surface area contributed by atoms with Crippen molar-refractivity contribution in [1.29, 1.82) is 0 Å². The van der Waals surface area contributed by atoms with Gasteiger partial charge in [-0.25, -0.2) is 0 Å². The lowest BCUT2D eigenvalue weighted by atomic mass is 9.96. The average Bonchev–Trinajstić information content (AvgIpc) is 3.20. The number of ether oxygens (including phenoxy) is 1. The van der Waals surface area contributed by atoms with Gasteiger partial charge in [-0.05, 0) is 24.1 Å². The molecule has 0 radical (unpaired) electrons. The number of nitrogens with zero attached hydrogens (tertiary/aromatic N) is 2. The number of rotatable bonds is 9. The third-order valence-electron chi connectivity index (χ3n) is 4.59. The molecule has 6 nitrogen and oxygen atoms in total. The highest BCUT2D eigenvalue weighted by molar-refractivity contribution is 5.92. The first-order chi connectivity index (χ1) is 14.4. The molecule has 1 aromatic heterocycles. The van der Waals surface area contributed by atoms with Crippen LogP contribution in [-0.4, -0.2) is 22.7 Å². The van der Waals surface area contributed by atoms with E-state index >= 15 is 0 Å². The van der Waals surface area contributed by atoms with E-state index in [1.54, 1.807) is 0 Å². The van der Waals surface area contributed by atoms with Crippen molar-refractivity contribution < 1.29 is 14.1 Å². The topological polar surface area (TPSA) is 77.2 Å². The van der Waals surface area contributed by atoms with E-state index in [0.717, 1.165) is 6.42 Å². The van der Waals surface area contributed by atoms with E-state index in [-0.39, 0.29) is 11.3 Å². The van der Waals surface area contributed by atoms with Crippen molar-refractivity contribution >= 4 is 11.6 Å². The Labute approximate surface area is 177 Å². The molecule has 0 aliphatic heterocycles. The summed E-state index contributed by atoms with van der Waals surface area (Å²) in [6, 6.07) is 17.7. The van der Waals surface area contributed by atoms with Crippen LogP contribution in [0.2, 0.25) is 0 Å². The SMILES string of the molecule is CC(C)(C)c1noc(CCCC(=O)Nc2ccccc2OCCc2ccccc2)n1. The second kappa shape index (κ2) is 10.1. The number of carbonyl (C=O) groups excluding carboxylic acids is 1. The zero-order valence-corrected chi connectivity index (χ0v) is 17.9. The lowest BCUT2D eigenvalue weighted by molar-refractivity contribution is -0.116. The Morgan fingerprint density at radius 3 is 2.50 bits per heavy atom. The molecule has 158 valence electrons. The number of amides is 1. The summed E-state index contributed by atoms with van der Waals surface area (Å²) in [6.07, 6.45) is 2.38. The molecule has 6 heteroatoms. The molecule has 0 spiro atoms. The molecule has 0 atom stereocenters. The van der Waals surface area contributed by atoms with Gasteiger partial charge in [0.2, 0.25) is 11.8 Å². The van der Waals surface area contributed by atoms with E-state index < -0.39 is 0 Å². The smallest absolute Gasteiger partial charge is 0.226 e. The molecule has 0 unspecified atom stereocenters. The standard InChI is InChI=1S/C24H29N3O3/c1-24(2,3)23-26-22(30-27-23)15-9-14-21(28)25-19-12-7-8-13-20(19)29-17-16-18-10-5-4-6-11-18/h4-8,10-13H,9,14-17H2,1-3H3,(H,25,28). The van der Waals surface area contributed by atoms with E-state index in [2.05, 4.69) is 27.6 Å². The summed E-state index contributed by atoms with van der Waals surface area (Å²) < 4.78 is 11.2. The molecule has 0 saturated heterocycles. The fourth-order valence-electron chi connectivity index (χ4n) is 2.89. The fourth-order valence-corrected chi connectivity index (χ4v) is 2.89. The van der Waals surface area contributed by atoms with Crippen molar-refractivity contribution in [3.8, 4) is 5.75 Å². The number of aromatic nitrogens is 2. The van der Waals surface area contributed by atoms with Crippen LogP contribution in [0.15, 0.2) is 59.1 Å². The van der Waals surface area contributed by atoms with Crippen molar-refractivity contribution in [2.75, 3.05) is 11.9 Å². The Balaban J connectivity index is 1.46. The lowest BCUT2D eigenvalue weighted by Gasteiger charge is -2.12. The summed E-state index contributed by atoms with van der Waals surface area (Å²) in [6.45, 7) is 6.65. The molecule has 0 fully saturated rings. The van der Waals surface area contributed by atoms with E-state index in [1.807, 2.05) is 63.2 Å². The van der Waals surface area contributed by atoms with Crippen molar-refractivity contribution in [2.24, 2.45) is 0 Å². The monoisotopic (exact) mass is 407 g/mol. The van der Waals surface area contributed by atoms with Gasteiger partial charge in [-0.15, -0.1) is 0 Å². The maximum absolute atomic E-state index is 12.4. The minimum Gasteiger partial charge on any atom is -0.491 e. The number of hydrogen-bond acceptors (Lipinski definition) is 5. The van der Waals surface area contributed by atoms with Crippen LogP contribution in [0.25, 0.3) is 0 Å². The molecule has 3 rings (SSSR count). The highest BCUT2D eigenvalue weighted by Gasteiger charge is 2.20. The molecule has 1 N–H and O–H groups in total. The minimum atomic E-state index is -0.149. The number of nitrogens with one attached hydrogen (secondary N) is 1. The molecule has 1 amide bonds. The molecule has 0 saturated carbocycles. The number of carbonyl (C=O) groups is 1. The lowest BCUT2D eigenvalue weighted by Crippen LogP contribution is -2.14. The zero-order valence-electron chi connectivity index (χ0n) is 17.9. The number of aryl methyl sites for hydroxylation is 1. The van der Waals surface area contributed by atoms with Gasteiger partial charge >= 0.3 is 0 Å². The second-order valence-electron chi connectivity index (χ2n) is 8.24. The summed E-state index contributed by atoms with van der Waals surface area (Å²) in [7, 11) is 0. The first-order valence-corrected chi connectivity index (χ1v) is 10.3. The van der Waals surface area contributed by atoms with Crippen LogP contribution < -0.4 is 10.1 Å². The van der Waals surface area contributed by atoms with Gasteiger partial charge in [0, 0.05) is 24.7 Å². The van der Waals surface area contributed by atoms with Gasteiger partial charge in [0.25, 0.3) is 0 Å². The number of benzene rings is 2. The molecule has 0 bridgehead atoms. The molecule has 30 heavy (non-hydrogen) atoms. The summed E-state index contributed by atoms with van der Waals surface area (Å²) >= 11 is 0. The van der Waals surface area contributed by atoms with Gasteiger partial charge in [0.05, 0.1) is 12.3 Å². The molecular formula is C24H29N3O3. The van der Waals surface area contributed by atoms with Gasteiger partial charge in [-0.2, -0.15) is 4.98 Å². The Kier molecular flexibility index (Phi) is 7.22. The Bertz CT molecular complexity index is 946. The van der Waals surface area contributed by atoms with Crippen molar-refractivity contribution in [3.05, 3.63) is 71.9 Å². The number of para-hydroxylation sites is 2. The molecule has 3 aromatic rings. The highest BCUT2D eigenvalue weighted by Crippen LogP contribution is 2.24. The van der Waals surface area contributed by atoms with Crippen LogP contribution >= 0.6 is 0 Å². The second-order valence-corrected chi connectivity index (χ2v) is 8.24. The Morgan fingerprint density at radius 1 is 1.03 bits per heavy atom. The van der Waals surface area contributed by atoms with Crippen molar-refractivity contribution in [2.45, 2.75) is 51.9 Å². The summed E-state index contributed by atoms with van der Waals surface area (Å²) in [5.74, 6) is 1.86. The van der Waals surface area contributed by atoms with Crippen molar-refractivity contribution in [1.82, 2.24) is 10.1 Å². The number of anilines is 1. The molecule has 0 aliphatic rings. The van der Waals surface area contributed by atoms with E-state index in [4.69, 9.17) is 9.26 Å². The maximum Gasteiger partial charge on any atom is 0.226 e. The third-order valence-corrected chi connectivity index (χ3v) is 4.59. The quantitative estimate of drug-likeness (QED) is 0.543. The van der Waals surface area contributed by atoms with Gasteiger partial charge in [-0.3, -0.25) is 4.79 Å². The molecule has 2 aromatic carbocycles. The van der Waals surface area contributed by atoms with Gasteiger partial charge in [-0.1, -0.05) is 68.4 Å². The van der Waals surface area contributed by atoms with Gasteiger partial charge < -0.3 is 14.6 Å². The normalized spacial score (nSPS) is 11.3. The zero-order chi connectivity index (χ0) is 21.4. The van der Waals surface area contributed by atoms with Crippen LogP contribution in [0.4, 0.5) is 5.69 Å². The third kappa shape index (κ3) is 6.44. The molecule has 1 heterocycles. The summed E-state index contributed by atoms with van der Waals surface area (Å²) in [5.41, 5.74) is 1.75. The first kappa shape index (κ1) is 21.6. The fraction of sp³-hybridized carbons (Fsp3) is 0.375. The van der Waals surface area contributed by atoms with Crippen LogP contribution in [0.3, 0.4) is 0 Å². The van der Waals surface area contributed by atoms with Crippen LogP contribution in [0.5, 0.6) is 5.75 Å². The first-order valence-electron chi connectivity index (χ1n) is 10.3. The van der Waals surface area contributed by atoms with Crippen LogP contribution in [0, 0.1) is 0 Å². The summed E-state index contributed by atoms with van der Waals surface area (Å²) in [5, 5.41) is 6.96. The van der Waals surface area contributed by atoms with E-state index in [9.17, 15) is 4.79 Å². The Hall–Kier alpha value is -3.15. The van der Waals surface area contributed by atoms with E-state index in [0.29, 0.717) is 49.0 Å². The predicted molar refractivity (Wildman–Crippen MR) is 117 cm³/mol. The predicted octanol–water partition coefficient (Wildman–Crippen LogP) is 4.95. The highest BCUT2D eigenvalue weighted by atomic mass is 16.5. The van der Waals surface area contributed by atoms with Crippen LogP contribution in [0.1, 0.15) is 50.9 Å². The average molecular weight is 408 g/mol. The van der Waals surface area contributed by atoms with Crippen molar-refractivity contribution in [3.63, 3.8) is 0 Å². The summed E-state index contributed by atoms with van der Waals surface area (Å²) in [4.78, 5) is 16.8. The largest absolute Gasteiger partial charge is 0.491 e. The van der Waals surface area contributed by atoms with Gasteiger partial charge in [0.15, 0.2) is 5.82 Å². The number of hydrogen-bond donors (Lipinski definition) is 1. The molecular weight excluding hydrogens is 378 g/mol. The maximum atomic E-state index is 12.4. The van der Waals surface area contributed by atoms with Gasteiger partial charge in [0.1, 0.15) is 5.75 Å². The van der Waals surface area contributed by atoms with Crippen LogP contribution in [-0.2, 0) is 23.1 Å².